The molecule has 0 amide bonds. The second kappa shape index (κ2) is 7.01. The lowest BCUT2D eigenvalue weighted by Gasteiger charge is -2.12. The van der Waals surface area contributed by atoms with Gasteiger partial charge in [0.05, 0.1) is 16.6 Å². The Bertz CT molecular complexity index is 1810. The van der Waals surface area contributed by atoms with Crippen LogP contribution in [0.3, 0.4) is 0 Å². The zero-order valence-electron chi connectivity index (χ0n) is 17.8. The lowest BCUT2D eigenvalue weighted by atomic mass is 10.1. The van der Waals surface area contributed by atoms with Gasteiger partial charge in [-0.05, 0) is 41.1 Å². The number of benzene rings is 5. The van der Waals surface area contributed by atoms with Crippen molar-refractivity contribution in [3.05, 3.63) is 115 Å². The van der Waals surface area contributed by atoms with Crippen molar-refractivity contribution in [3.8, 4) is 17.2 Å². The number of rotatable bonds is 2. The van der Waals surface area contributed by atoms with Crippen LogP contribution < -0.4 is 0 Å². The van der Waals surface area contributed by atoms with Crippen LogP contribution in [0.4, 0.5) is 0 Å². The van der Waals surface area contributed by atoms with Gasteiger partial charge in [-0.3, -0.25) is 4.57 Å². The van der Waals surface area contributed by atoms with Gasteiger partial charge in [-0.1, -0.05) is 84.9 Å². The topological polar surface area (TPSA) is 30.7 Å². The Hall–Kier alpha value is -4.50. The number of fused-ring (bicyclic) bond motifs is 5. The zero-order valence-corrected chi connectivity index (χ0v) is 17.8. The van der Waals surface area contributed by atoms with E-state index in [1.165, 1.54) is 21.5 Å². The maximum atomic E-state index is 5.15. The van der Waals surface area contributed by atoms with Crippen molar-refractivity contribution in [2.75, 3.05) is 0 Å². The first-order valence-electron chi connectivity index (χ1n) is 11.1. The summed E-state index contributed by atoms with van der Waals surface area (Å²) in [6, 6.07) is 40.2. The van der Waals surface area contributed by atoms with Crippen LogP contribution in [0.1, 0.15) is 0 Å². The van der Waals surface area contributed by atoms with Crippen LogP contribution in [0.15, 0.2) is 115 Å². The predicted octanol–water partition coefficient (Wildman–Crippen LogP) is 7.55. The molecule has 0 N–H and O–H groups in total. The lowest BCUT2D eigenvalue weighted by Crippen LogP contribution is -2.02. The molecule has 3 heteroatoms. The minimum Gasteiger partial charge on any atom is -0.293 e. The Morgan fingerprint density at radius 2 is 1.15 bits per heavy atom. The molecule has 0 saturated heterocycles. The van der Waals surface area contributed by atoms with Crippen molar-refractivity contribution in [2.45, 2.75) is 0 Å². The van der Waals surface area contributed by atoms with Gasteiger partial charge in [0, 0.05) is 21.7 Å². The molecule has 0 aliphatic carbocycles. The van der Waals surface area contributed by atoms with Gasteiger partial charge in [0.15, 0.2) is 5.82 Å². The highest BCUT2D eigenvalue weighted by Crippen LogP contribution is 2.36. The average Bonchev–Trinajstić information content (AvgIpc) is 3.20. The normalized spacial score (nSPS) is 11.6. The molecule has 0 unspecified atom stereocenters. The number of nitrogens with zero attached hydrogens (tertiary/aromatic N) is 3. The monoisotopic (exact) mass is 421 g/mol. The van der Waals surface area contributed by atoms with Gasteiger partial charge < -0.3 is 0 Å². The minimum atomic E-state index is 0.732. The van der Waals surface area contributed by atoms with Crippen LogP contribution in [0.5, 0.6) is 0 Å². The van der Waals surface area contributed by atoms with Crippen LogP contribution in [0.25, 0.3) is 60.7 Å². The number of para-hydroxylation sites is 2. The molecule has 0 atom stereocenters. The molecule has 3 nitrogen and oxygen atoms in total. The highest BCUT2D eigenvalue weighted by Gasteiger charge is 2.17. The molecule has 0 saturated carbocycles. The second-order valence-corrected chi connectivity index (χ2v) is 8.32. The van der Waals surface area contributed by atoms with Gasteiger partial charge in [-0.25, -0.2) is 9.97 Å². The van der Waals surface area contributed by atoms with Gasteiger partial charge in [0.1, 0.15) is 5.82 Å². The van der Waals surface area contributed by atoms with Crippen molar-refractivity contribution < 1.29 is 0 Å². The molecule has 154 valence electrons. The van der Waals surface area contributed by atoms with Crippen molar-refractivity contribution in [1.29, 1.82) is 0 Å². The summed E-state index contributed by atoms with van der Waals surface area (Å²) >= 11 is 0. The maximum absolute atomic E-state index is 5.15. The highest BCUT2D eigenvalue weighted by molar-refractivity contribution is 6.14. The van der Waals surface area contributed by atoms with Crippen LogP contribution in [0.2, 0.25) is 0 Å². The van der Waals surface area contributed by atoms with E-state index in [9.17, 15) is 0 Å². The Morgan fingerprint density at radius 1 is 0.485 bits per heavy atom. The Morgan fingerprint density at radius 3 is 2.00 bits per heavy atom. The molecule has 2 heterocycles. The average molecular weight is 422 g/mol. The Kier molecular flexibility index (Phi) is 3.84. The molecule has 33 heavy (non-hydrogen) atoms. The van der Waals surface area contributed by atoms with Crippen molar-refractivity contribution >= 4 is 43.5 Å². The molecule has 0 fully saturated rings. The molecule has 0 aliphatic rings. The first-order valence-corrected chi connectivity index (χ1v) is 11.1. The Balaban J connectivity index is 1.66. The fourth-order valence-corrected chi connectivity index (χ4v) is 4.83. The van der Waals surface area contributed by atoms with E-state index in [2.05, 4.69) is 95.6 Å². The van der Waals surface area contributed by atoms with Crippen LogP contribution in [0, 0.1) is 0 Å². The van der Waals surface area contributed by atoms with Gasteiger partial charge in [0.25, 0.3) is 0 Å². The predicted molar refractivity (Wildman–Crippen MR) is 137 cm³/mol. The fraction of sp³-hybridized carbons (Fsp3) is 0. The van der Waals surface area contributed by atoms with Crippen LogP contribution in [-0.4, -0.2) is 14.5 Å². The van der Waals surface area contributed by atoms with Crippen molar-refractivity contribution in [2.24, 2.45) is 0 Å². The zero-order chi connectivity index (χ0) is 21.8. The molecule has 7 aromatic rings. The first-order chi connectivity index (χ1) is 16.4. The summed E-state index contributed by atoms with van der Waals surface area (Å²) in [6.07, 6.45) is 0. The highest BCUT2D eigenvalue weighted by atomic mass is 15.1. The molecule has 0 aliphatic heterocycles. The summed E-state index contributed by atoms with van der Waals surface area (Å²) in [7, 11) is 0. The van der Waals surface area contributed by atoms with Gasteiger partial charge >= 0.3 is 0 Å². The molecule has 0 bridgehead atoms. The van der Waals surface area contributed by atoms with Gasteiger partial charge in [-0.2, -0.15) is 0 Å². The van der Waals surface area contributed by atoms with E-state index in [0.29, 0.717) is 0 Å². The van der Waals surface area contributed by atoms with Gasteiger partial charge in [-0.15, -0.1) is 0 Å². The minimum absolute atomic E-state index is 0.732. The van der Waals surface area contributed by atoms with Crippen LogP contribution in [-0.2, 0) is 0 Å². The Labute approximate surface area is 190 Å². The third kappa shape index (κ3) is 2.76. The van der Waals surface area contributed by atoms with E-state index in [0.717, 1.165) is 39.1 Å². The quantitative estimate of drug-likeness (QED) is 0.289. The van der Waals surface area contributed by atoms with Crippen molar-refractivity contribution in [1.82, 2.24) is 14.5 Å². The summed E-state index contributed by atoms with van der Waals surface area (Å²) in [4.78, 5) is 10.0. The van der Waals surface area contributed by atoms with Crippen molar-refractivity contribution in [3.63, 3.8) is 0 Å². The second-order valence-electron chi connectivity index (χ2n) is 8.32. The van der Waals surface area contributed by atoms with E-state index in [1.54, 1.807) is 0 Å². The third-order valence-corrected chi connectivity index (χ3v) is 6.37. The summed E-state index contributed by atoms with van der Waals surface area (Å²) < 4.78 is 2.30. The van der Waals surface area contributed by atoms with Crippen LogP contribution >= 0.6 is 0 Å². The smallest absolute Gasteiger partial charge is 0.162 e. The van der Waals surface area contributed by atoms with E-state index in [4.69, 9.17) is 9.97 Å². The van der Waals surface area contributed by atoms with E-state index in [-0.39, 0.29) is 0 Å². The molecule has 5 aromatic carbocycles. The van der Waals surface area contributed by atoms with E-state index >= 15 is 0 Å². The molecule has 0 radical (unpaired) electrons. The number of hydrogen-bond donors (Lipinski definition) is 0. The summed E-state index contributed by atoms with van der Waals surface area (Å²) in [5.41, 5.74) is 4.24. The fourth-order valence-electron chi connectivity index (χ4n) is 4.83. The number of aromatic nitrogens is 3. The first kappa shape index (κ1) is 18.1. The molecular weight excluding hydrogens is 402 g/mol. The summed E-state index contributed by atoms with van der Waals surface area (Å²) in [5.74, 6) is 1.64. The molecular formula is C30H19N3. The lowest BCUT2D eigenvalue weighted by molar-refractivity contribution is 1.08. The molecule has 0 spiro atoms. The largest absolute Gasteiger partial charge is 0.293 e. The SMILES string of the molecule is c1ccc(-c2nc(-n3c4ccccc4c4cc5ccccc5cc43)c3ccccc3n2)cc1. The summed E-state index contributed by atoms with van der Waals surface area (Å²) in [5, 5.41) is 5.95. The number of hydrogen-bond acceptors (Lipinski definition) is 2. The van der Waals surface area contributed by atoms with E-state index < -0.39 is 0 Å². The maximum Gasteiger partial charge on any atom is 0.162 e. The molecule has 2 aromatic heterocycles. The third-order valence-electron chi connectivity index (χ3n) is 6.37. The summed E-state index contributed by atoms with van der Waals surface area (Å²) in [6.45, 7) is 0. The van der Waals surface area contributed by atoms with E-state index in [1.807, 2.05) is 24.3 Å². The standard InChI is InChI=1S/C30H19N3/c1-2-10-20(11-3-1)29-31-26-16-8-6-15-24(26)30(32-29)33-27-17-9-7-14-23(27)25-18-21-12-4-5-13-22(21)19-28(25)33/h1-19H. The molecule has 7 rings (SSSR count). The van der Waals surface area contributed by atoms with Gasteiger partial charge in [0.2, 0.25) is 0 Å².